The van der Waals surface area contributed by atoms with Gasteiger partial charge >= 0.3 is 0 Å². The van der Waals surface area contributed by atoms with Crippen LogP contribution in [-0.2, 0) is 0 Å². The molecule has 1 heterocycles. The summed E-state index contributed by atoms with van der Waals surface area (Å²) in [6.45, 7) is 9.32. The molecule has 0 aliphatic carbocycles. The number of nitrogens with one attached hydrogen (secondary N) is 1. The molecule has 0 amide bonds. The van der Waals surface area contributed by atoms with Crippen LogP contribution in [0.5, 0.6) is 0 Å². The van der Waals surface area contributed by atoms with Gasteiger partial charge in [0.25, 0.3) is 0 Å². The molecule has 0 aliphatic heterocycles. The van der Waals surface area contributed by atoms with E-state index in [1.807, 2.05) is 6.07 Å². The highest BCUT2D eigenvalue weighted by Gasteiger charge is 2.13. The van der Waals surface area contributed by atoms with Crippen LogP contribution in [0.3, 0.4) is 0 Å². The van der Waals surface area contributed by atoms with E-state index in [4.69, 9.17) is 0 Å². The van der Waals surface area contributed by atoms with Gasteiger partial charge in [-0.05, 0) is 31.9 Å². The first-order chi connectivity index (χ1) is 7.77. The van der Waals surface area contributed by atoms with E-state index in [0.717, 1.165) is 31.6 Å². The fraction of sp³-hybridized carbons (Fsp3) is 0.538. The molecule has 0 spiro atoms. The summed E-state index contributed by atoms with van der Waals surface area (Å²) in [6.07, 6.45) is 6.62. The van der Waals surface area contributed by atoms with Crippen LogP contribution in [0.15, 0.2) is 30.6 Å². The van der Waals surface area contributed by atoms with Crippen LogP contribution in [0, 0.1) is 0 Å². The van der Waals surface area contributed by atoms with Gasteiger partial charge in [-0.2, -0.15) is 0 Å². The molecule has 88 valence electrons. The summed E-state index contributed by atoms with van der Waals surface area (Å²) in [6, 6.07) is 2.04. The third kappa shape index (κ3) is 4.11. The molecule has 1 aromatic heterocycles. The summed E-state index contributed by atoms with van der Waals surface area (Å²) in [4.78, 5) is 8.61. The Bertz CT molecular complexity index is 308. The van der Waals surface area contributed by atoms with Gasteiger partial charge < -0.3 is 5.32 Å². The molecule has 0 bridgehead atoms. The van der Waals surface area contributed by atoms with Gasteiger partial charge in [-0.1, -0.05) is 26.0 Å². The first-order valence-corrected chi connectivity index (χ1v) is 5.94. The van der Waals surface area contributed by atoms with Gasteiger partial charge in [0.1, 0.15) is 5.82 Å². The predicted molar refractivity (Wildman–Crippen MR) is 67.1 cm³/mol. The lowest BCUT2D eigenvalue weighted by Crippen LogP contribution is -2.24. The van der Waals surface area contributed by atoms with Gasteiger partial charge in [0, 0.05) is 12.4 Å². The summed E-state index contributed by atoms with van der Waals surface area (Å²) >= 11 is 0. The number of hydrogen-bond acceptors (Lipinski definition) is 3. The number of nitrogens with zero attached hydrogens (tertiary/aromatic N) is 2. The van der Waals surface area contributed by atoms with E-state index in [1.54, 1.807) is 12.4 Å². The molecule has 0 fully saturated rings. The second-order valence-corrected chi connectivity index (χ2v) is 3.92. The standard InChI is InChI=1S/C13H21N3/c1-4-7-14-12(10-11(3)5-2)13-15-8-6-9-16-13/h6,8-9,12,14H,3-5,7,10H2,1-2H3. The summed E-state index contributed by atoms with van der Waals surface area (Å²) in [5, 5.41) is 3.47. The molecular weight excluding hydrogens is 198 g/mol. The molecule has 0 radical (unpaired) electrons. The van der Waals surface area contributed by atoms with Crippen LogP contribution in [0.2, 0.25) is 0 Å². The Labute approximate surface area is 98.0 Å². The molecular formula is C13H21N3. The summed E-state index contributed by atoms with van der Waals surface area (Å²) in [7, 11) is 0. The van der Waals surface area contributed by atoms with Crippen LogP contribution in [0.1, 0.15) is 45.0 Å². The summed E-state index contributed by atoms with van der Waals surface area (Å²) in [5.41, 5.74) is 1.24. The minimum atomic E-state index is 0.202. The number of rotatable bonds is 7. The van der Waals surface area contributed by atoms with E-state index in [0.29, 0.717) is 0 Å². The molecule has 16 heavy (non-hydrogen) atoms. The van der Waals surface area contributed by atoms with E-state index >= 15 is 0 Å². The van der Waals surface area contributed by atoms with E-state index in [9.17, 15) is 0 Å². The van der Waals surface area contributed by atoms with Crippen molar-refractivity contribution in [1.82, 2.24) is 15.3 Å². The molecule has 1 rings (SSSR count). The Morgan fingerprint density at radius 1 is 1.38 bits per heavy atom. The second-order valence-electron chi connectivity index (χ2n) is 3.92. The Morgan fingerprint density at radius 3 is 2.62 bits per heavy atom. The minimum absolute atomic E-state index is 0.202. The van der Waals surface area contributed by atoms with Crippen molar-refractivity contribution in [1.29, 1.82) is 0 Å². The zero-order valence-electron chi connectivity index (χ0n) is 10.2. The predicted octanol–water partition coefficient (Wildman–Crippen LogP) is 2.87. The van der Waals surface area contributed by atoms with Gasteiger partial charge in [-0.3, -0.25) is 0 Å². The van der Waals surface area contributed by atoms with Crippen molar-refractivity contribution < 1.29 is 0 Å². The SMILES string of the molecule is C=C(CC)CC(NCCC)c1ncccn1. The van der Waals surface area contributed by atoms with Crippen LogP contribution in [0.4, 0.5) is 0 Å². The molecule has 0 aliphatic rings. The van der Waals surface area contributed by atoms with Crippen molar-refractivity contribution in [2.75, 3.05) is 6.54 Å². The van der Waals surface area contributed by atoms with Crippen molar-refractivity contribution in [3.63, 3.8) is 0 Å². The normalized spacial score (nSPS) is 12.4. The molecule has 1 unspecified atom stereocenters. The third-order valence-electron chi connectivity index (χ3n) is 2.53. The largest absolute Gasteiger partial charge is 0.307 e. The van der Waals surface area contributed by atoms with Crippen molar-refractivity contribution in [3.05, 3.63) is 36.4 Å². The third-order valence-corrected chi connectivity index (χ3v) is 2.53. The average molecular weight is 219 g/mol. The maximum Gasteiger partial charge on any atom is 0.145 e. The minimum Gasteiger partial charge on any atom is -0.307 e. The van der Waals surface area contributed by atoms with E-state index in [-0.39, 0.29) is 6.04 Å². The van der Waals surface area contributed by atoms with Gasteiger partial charge in [0.05, 0.1) is 6.04 Å². The number of hydrogen-bond donors (Lipinski definition) is 1. The van der Waals surface area contributed by atoms with Gasteiger partial charge in [-0.15, -0.1) is 0 Å². The Kier molecular flexibility index (Phi) is 5.72. The molecule has 3 heteroatoms. The van der Waals surface area contributed by atoms with Crippen molar-refractivity contribution in [2.45, 2.75) is 39.2 Å². The first kappa shape index (κ1) is 12.8. The van der Waals surface area contributed by atoms with Crippen LogP contribution in [0.25, 0.3) is 0 Å². The van der Waals surface area contributed by atoms with Crippen molar-refractivity contribution in [2.24, 2.45) is 0 Å². The Hall–Kier alpha value is -1.22. The fourth-order valence-electron chi connectivity index (χ4n) is 1.50. The smallest absolute Gasteiger partial charge is 0.145 e. The lowest BCUT2D eigenvalue weighted by atomic mass is 10.0. The lowest BCUT2D eigenvalue weighted by Gasteiger charge is -2.17. The van der Waals surface area contributed by atoms with E-state index < -0.39 is 0 Å². The van der Waals surface area contributed by atoms with Gasteiger partial charge in [-0.25, -0.2) is 9.97 Å². The highest BCUT2D eigenvalue weighted by molar-refractivity contribution is 5.04. The molecule has 0 aromatic carbocycles. The van der Waals surface area contributed by atoms with Gasteiger partial charge in [0.15, 0.2) is 0 Å². The zero-order chi connectivity index (χ0) is 11.8. The highest BCUT2D eigenvalue weighted by atomic mass is 15.0. The van der Waals surface area contributed by atoms with Crippen LogP contribution >= 0.6 is 0 Å². The monoisotopic (exact) mass is 219 g/mol. The van der Waals surface area contributed by atoms with E-state index in [2.05, 4.69) is 35.7 Å². The van der Waals surface area contributed by atoms with Gasteiger partial charge in [0.2, 0.25) is 0 Å². The second kappa shape index (κ2) is 7.12. The average Bonchev–Trinajstić information content (AvgIpc) is 2.35. The molecule has 1 N–H and O–H groups in total. The molecule has 1 atom stereocenters. The molecule has 1 aromatic rings. The van der Waals surface area contributed by atoms with E-state index in [1.165, 1.54) is 5.57 Å². The van der Waals surface area contributed by atoms with Crippen molar-refractivity contribution >= 4 is 0 Å². The number of aromatic nitrogens is 2. The lowest BCUT2D eigenvalue weighted by molar-refractivity contribution is 0.499. The Balaban J connectivity index is 2.67. The molecule has 0 saturated heterocycles. The summed E-state index contributed by atoms with van der Waals surface area (Å²) < 4.78 is 0. The fourth-order valence-corrected chi connectivity index (χ4v) is 1.50. The zero-order valence-corrected chi connectivity index (χ0v) is 10.2. The highest BCUT2D eigenvalue weighted by Crippen LogP contribution is 2.18. The Morgan fingerprint density at radius 2 is 2.06 bits per heavy atom. The van der Waals surface area contributed by atoms with Crippen molar-refractivity contribution in [3.8, 4) is 0 Å². The van der Waals surface area contributed by atoms with Crippen LogP contribution in [-0.4, -0.2) is 16.5 Å². The summed E-state index contributed by atoms with van der Waals surface area (Å²) in [5.74, 6) is 0.866. The topological polar surface area (TPSA) is 37.8 Å². The molecule has 0 saturated carbocycles. The maximum atomic E-state index is 4.30. The maximum absolute atomic E-state index is 4.30. The molecule has 3 nitrogen and oxygen atoms in total. The first-order valence-electron chi connectivity index (χ1n) is 5.94. The van der Waals surface area contributed by atoms with Crippen LogP contribution < -0.4 is 5.32 Å². The quantitative estimate of drug-likeness (QED) is 0.717.